The summed E-state index contributed by atoms with van der Waals surface area (Å²) in [5, 5.41) is 2.92. The van der Waals surface area contributed by atoms with Crippen molar-refractivity contribution >= 4 is 11.9 Å². The SMILES string of the molecule is CCN(CC)c1nc(C)cc(C(=O)NC(C)(C)C)n1. The number of aryl methyl sites for hydroxylation is 1. The first-order valence-electron chi connectivity index (χ1n) is 6.70. The lowest BCUT2D eigenvalue weighted by Crippen LogP contribution is -2.41. The van der Waals surface area contributed by atoms with E-state index >= 15 is 0 Å². The molecule has 0 spiro atoms. The van der Waals surface area contributed by atoms with Gasteiger partial charge in [0.2, 0.25) is 5.95 Å². The van der Waals surface area contributed by atoms with Gasteiger partial charge in [0, 0.05) is 24.3 Å². The molecule has 0 atom stereocenters. The molecule has 1 aromatic rings. The molecule has 0 aliphatic rings. The van der Waals surface area contributed by atoms with Gasteiger partial charge < -0.3 is 10.2 Å². The number of amides is 1. The second-order valence-electron chi connectivity index (χ2n) is 5.57. The van der Waals surface area contributed by atoms with Gasteiger partial charge in [-0.1, -0.05) is 0 Å². The zero-order valence-corrected chi connectivity index (χ0v) is 12.7. The number of carbonyl (C=O) groups is 1. The summed E-state index contributed by atoms with van der Waals surface area (Å²) < 4.78 is 0. The largest absolute Gasteiger partial charge is 0.346 e. The number of hydrogen-bond donors (Lipinski definition) is 1. The molecule has 5 heteroatoms. The van der Waals surface area contributed by atoms with E-state index in [0.717, 1.165) is 18.8 Å². The van der Waals surface area contributed by atoms with E-state index in [9.17, 15) is 4.79 Å². The summed E-state index contributed by atoms with van der Waals surface area (Å²) in [4.78, 5) is 22.9. The lowest BCUT2D eigenvalue weighted by Gasteiger charge is -2.22. The van der Waals surface area contributed by atoms with E-state index in [2.05, 4.69) is 15.3 Å². The number of aromatic nitrogens is 2. The summed E-state index contributed by atoms with van der Waals surface area (Å²) in [5.74, 6) is 0.454. The molecule has 1 heterocycles. The molecule has 106 valence electrons. The van der Waals surface area contributed by atoms with Crippen LogP contribution in [0.5, 0.6) is 0 Å². The van der Waals surface area contributed by atoms with E-state index in [-0.39, 0.29) is 11.4 Å². The van der Waals surface area contributed by atoms with Crippen LogP contribution in [0, 0.1) is 6.92 Å². The van der Waals surface area contributed by atoms with Crippen molar-refractivity contribution in [1.29, 1.82) is 0 Å². The fourth-order valence-corrected chi connectivity index (χ4v) is 1.72. The monoisotopic (exact) mass is 264 g/mol. The van der Waals surface area contributed by atoms with Gasteiger partial charge in [-0.2, -0.15) is 0 Å². The topological polar surface area (TPSA) is 58.1 Å². The molecule has 0 aromatic carbocycles. The van der Waals surface area contributed by atoms with Crippen molar-refractivity contribution < 1.29 is 4.79 Å². The zero-order valence-electron chi connectivity index (χ0n) is 12.7. The molecule has 0 radical (unpaired) electrons. The molecule has 0 saturated carbocycles. The van der Waals surface area contributed by atoms with Crippen LogP contribution in [-0.2, 0) is 0 Å². The minimum atomic E-state index is -0.273. The third-order valence-corrected chi connectivity index (χ3v) is 2.61. The highest BCUT2D eigenvalue weighted by Gasteiger charge is 2.18. The maximum absolute atomic E-state index is 12.1. The van der Waals surface area contributed by atoms with Gasteiger partial charge in [-0.25, -0.2) is 9.97 Å². The summed E-state index contributed by atoms with van der Waals surface area (Å²) in [5.41, 5.74) is 0.950. The van der Waals surface area contributed by atoms with E-state index in [4.69, 9.17) is 0 Å². The van der Waals surface area contributed by atoms with Crippen molar-refractivity contribution in [1.82, 2.24) is 15.3 Å². The van der Waals surface area contributed by atoms with Crippen LogP contribution in [0.1, 0.15) is 50.8 Å². The Morgan fingerprint density at radius 2 is 1.84 bits per heavy atom. The number of anilines is 1. The summed E-state index contributed by atoms with van der Waals surface area (Å²) in [7, 11) is 0. The molecule has 1 N–H and O–H groups in total. The lowest BCUT2D eigenvalue weighted by atomic mass is 10.1. The predicted molar refractivity (Wildman–Crippen MR) is 77.5 cm³/mol. The summed E-state index contributed by atoms with van der Waals surface area (Å²) >= 11 is 0. The van der Waals surface area contributed by atoms with Crippen molar-refractivity contribution in [3.05, 3.63) is 17.5 Å². The lowest BCUT2D eigenvalue weighted by molar-refractivity contribution is 0.0914. The molecule has 1 aromatic heterocycles. The van der Waals surface area contributed by atoms with Gasteiger partial charge in [0.05, 0.1) is 0 Å². The molecule has 0 bridgehead atoms. The third kappa shape index (κ3) is 4.50. The average molecular weight is 264 g/mol. The molecule has 0 fully saturated rings. The average Bonchev–Trinajstić information content (AvgIpc) is 2.27. The number of nitrogens with one attached hydrogen (secondary N) is 1. The Balaban J connectivity index is 3.06. The number of hydrogen-bond acceptors (Lipinski definition) is 4. The number of rotatable bonds is 4. The van der Waals surface area contributed by atoms with E-state index in [1.165, 1.54) is 0 Å². The third-order valence-electron chi connectivity index (χ3n) is 2.61. The van der Waals surface area contributed by atoms with E-state index < -0.39 is 0 Å². The Kier molecular flexibility index (Phi) is 4.86. The smallest absolute Gasteiger partial charge is 0.270 e. The molecule has 5 nitrogen and oxygen atoms in total. The van der Waals surface area contributed by atoms with Crippen molar-refractivity contribution in [3.63, 3.8) is 0 Å². The van der Waals surface area contributed by atoms with Crippen molar-refractivity contribution in [2.45, 2.75) is 47.1 Å². The summed E-state index contributed by atoms with van der Waals surface area (Å²) in [6, 6.07) is 1.72. The van der Waals surface area contributed by atoms with Crippen LogP contribution in [-0.4, -0.2) is 34.5 Å². The van der Waals surface area contributed by atoms with Gasteiger partial charge in [0.25, 0.3) is 5.91 Å². The Morgan fingerprint density at radius 1 is 1.26 bits per heavy atom. The van der Waals surface area contributed by atoms with E-state index in [1.807, 2.05) is 46.4 Å². The van der Waals surface area contributed by atoms with Gasteiger partial charge in [-0.15, -0.1) is 0 Å². The second-order valence-corrected chi connectivity index (χ2v) is 5.57. The van der Waals surface area contributed by atoms with Gasteiger partial charge in [-0.05, 0) is 47.6 Å². The summed E-state index contributed by atoms with van der Waals surface area (Å²) in [6.07, 6.45) is 0. The molecule has 1 rings (SSSR count). The van der Waals surface area contributed by atoms with Crippen LogP contribution in [0.25, 0.3) is 0 Å². The molecule has 19 heavy (non-hydrogen) atoms. The van der Waals surface area contributed by atoms with E-state index in [0.29, 0.717) is 11.6 Å². The van der Waals surface area contributed by atoms with Crippen molar-refractivity contribution in [2.75, 3.05) is 18.0 Å². The normalized spacial score (nSPS) is 11.3. The van der Waals surface area contributed by atoms with Crippen LogP contribution in [0.4, 0.5) is 5.95 Å². The zero-order chi connectivity index (χ0) is 14.6. The Labute approximate surface area is 115 Å². The van der Waals surface area contributed by atoms with Crippen LogP contribution in [0.2, 0.25) is 0 Å². The van der Waals surface area contributed by atoms with Crippen LogP contribution in [0.15, 0.2) is 6.07 Å². The second kappa shape index (κ2) is 5.99. The van der Waals surface area contributed by atoms with Gasteiger partial charge in [0.1, 0.15) is 5.69 Å². The van der Waals surface area contributed by atoms with Crippen molar-refractivity contribution in [3.8, 4) is 0 Å². The first-order chi connectivity index (χ1) is 8.76. The van der Waals surface area contributed by atoms with Crippen LogP contribution in [0.3, 0.4) is 0 Å². The molecular formula is C14H24N4O. The van der Waals surface area contributed by atoms with Crippen molar-refractivity contribution in [2.24, 2.45) is 0 Å². The summed E-state index contributed by atoms with van der Waals surface area (Å²) in [6.45, 7) is 13.5. The Morgan fingerprint density at radius 3 is 2.32 bits per heavy atom. The standard InChI is InChI=1S/C14H24N4O/c1-7-18(8-2)13-15-10(3)9-11(16-13)12(19)17-14(4,5)6/h9H,7-8H2,1-6H3,(H,17,19). The molecule has 0 aliphatic carbocycles. The highest BCUT2D eigenvalue weighted by molar-refractivity contribution is 5.93. The van der Waals surface area contributed by atoms with Crippen LogP contribution >= 0.6 is 0 Å². The minimum Gasteiger partial charge on any atom is -0.346 e. The van der Waals surface area contributed by atoms with Crippen LogP contribution < -0.4 is 10.2 Å². The predicted octanol–water partition coefficient (Wildman–Crippen LogP) is 2.16. The Hall–Kier alpha value is -1.65. The van der Waals surface area contributed by atoms with Gasteiger partial charge in [-0.3, -0.25) is 4.79 Å². The minimum absolute atomic E-state index is 0.161. The highest BCUT2D eigenvalue weighted by atomic mass is 16.2. The number of carbonyl (C=O) groups excluding carboxylic acids is 1. The molecule has 0 saturated heterocycles. The molecule has 0 unspecified atom stereocenters. The fraction of sp³-hybridized carbons (Fsp3) is 0.643. The number of nitrogens with zero attached hydrogens (tertiary/aromatic N) is 3. The molecule has 1 amide bonds. The quantitative estimate of drug-likeness (QED) is 0.905. The first-order valence-corrected chi connectivity index (χ1v) is 6.70. The maximum Gasteiger partial charge on any atom is 0.270 e. The first kappa shape index (κ1) is 15.4. The molecular weight excluding hydrogens is 240 g/mol. The Bertz CT molecular complexity index is 447. The van der Waals surface area contributed by atoms with Gasteiger partial charge in [0.15, 0.2) is 0 Å². The highest BCUT2D eigenvalue weighted by Crippen LogP contribution is 2.11. The molecule has 0 aliphatic heterocycles. The van der Waals surface area contributed by atoms with Gasteiger partial charge >= 0.3 is 0 Å². The van der Waals surface area contributed by atoms with E-state index in [1.54, 1.807) is 6.07 Å². The maximum atomic E-state index is 12.1. The fourth-order valence-electron chi connectivity index (χ4n) is 1.72.